The molecule has 1 nitrogen and oxygen atoms in total. The molecule has 1 heteroatoms. The van der Waals surface area contributed by atoms with Gasteiger partial charge in [-0.2, -0.15) is 0 Å². The van der Waals surface area contributed by atoms with Gasteiger partial charge in [0.1, 0.15) is 5.78 Å². The molecule has 0 aliphatic heterocycles. The number of rotatable bonds is 6. The van der Waals surface area contributed by atoms with Crippen LogP contribution in [0.3, 0.4) is 0 Å². The molecule has 0 bridgehead atoms. The predicted octanol–water partition coefficient (Wildman–Crippen LogP) is 3.11. The summed E-state index contributed by atoms with van der Waals surface area (Å²) in [5.74, 6) is 0.575. The van der Waals surface area contributed by atoms with Crippen molar-refractivity contribution >= 4 is 5.78 Å². The molecule has 0 aromatic heterocycles. The normalized spacial score (nSPS) is 11.8. The van der Waals surface area contributed by atoms with Crippen molar-refractivity contribution in [3.05, 3.63) is 18.4 Å². The number of carbonyl (C=O) groups excluding carboxylic acids is 1. The Labute approximate surface area is 75.2 Å². The lowest BCUT2D eigenvalue weighted by molar-refractivity contribution is -0.122. The Balaban J connectivity index is 3.95. The molecular formula is C11H18O. The summed E-state index contributed by atoms with van der Waals surface area (Å²) in [6.45, 7) is 7.57. The molecule has 0 aliphatic carbocycles. The molecule has 0 saturated heterocycles. The molecule has 1 atom stereocenters. The number of allylic oxidation sites excluding steroid dienone is 1. The lowest BCUT2D eigenvalue weighted by Crippen LogP contribution is -2.12. The fraction of sp³-hybridized carbons (Fsp3) is 0.636. The van der Waals surface area contributed by atoms with Crippen molar-refractivity contribution in [1.82, 2.24) is 0 Å². The maximum absolute atomic E-state index is 11.4. The monoisotopic (exact) mass is 166 g/mol. The van der Waals surface area contributed by atoms with E-state index in [-0.39, 0.29) is 5.92 Å². The molecule has 0 N–H and O–H groups in total. The second-order valence-electron chi connectivity index (χ2n) is 2.97. The van der Waals surface area contributed by atoms with Crippen LogP contribution in [0.2, 0.25) is 0 Å². The first-order chi connectivity index (χ1) is 5.76. The molecule has 0 aliphatic rings. The van der Waals surface area contributed by atoms with E-state index in [2.05, 4.69) is 19.2 Å². The van der Waals surface area contributed by atoms with Gasteiger partial charge in [-0.3, -0.25) is 4.79 Å². The van der Waals surface area contributed by atoms with E-state index < -0.39 is 0 Å². The molecule has 0 aromatic rings. The smallest absolute Gasteiger partial charge is 0.136 e. The van der Waals surface area contributed by atoms with E-state index in [1.165, 1.54) is 0 Å². The van der Waals surface area contributed by atoms with Crippen LogP contribution < -0.4 is 0 Å². The van der Waals surface area contributed by atoms with Crippen molar-refractivity contribution in [1.29, 1.82) is 0 Å². The zero-order valence-electron chi connectivity index (χ0n) is 8.10. The number of Topliss-reactive ketones (excluding diaryl/α,β-unsaturated/α-hetero) is 1. The van der Waals surface area contributed by atoms with Crippen molar-refractivity contribution in [3.8, 4) is 0 Å². The van der Waals surface area contributed by atoms with Crippen LogP contribution in [0.15, 0.2) is 18.4 Å². The van der Waals surface area contributed by atoms with Gasteiger partial charge in [-0.05, 0) is 25.3 Å². The van der Waals surface area contributed by atoms with Crippen LogP contribution in [-0.2, 0) is 4.79 Å². The van der Waals surface area contributed by atoms with Crippen LogP contribution >= 0.6 is 0 Å². The molecule has 68 valence electrons. The number of ketones is 1. The fourth-order valence-corrected chi connectivity index (χ4v) is 1.20. The second-order valence-corrected chi connectivity index (χ2v) is 2.97. The number of hydrogen-bond acceptors (Lipinski definition) is 1. The molecule has 0 amide bonds. The Kier molecular flexibility index (Phi) is 6.41. The van der Waals surface area contributed by atoms with Gasteiger partial charge < -0.3 is 0 Å². The highest BCUT2D eigenvalue weighted by Crippen LogP contribution is 2.12. The van der Waals surface area contributed by atoms with Gasteiger partial charge in [-0.1, -0.05) is 20.4 Å². The Bertz CT molecular complexity index is 175. The van der Waals surface area contributed by atoms with Gasteiger partial charge in [0.2, 0.25) is 0 Å². The van der Waals surface area contributed by atoms with E-state index in [9.17, 15) is 4.79 Å². The lowest BCUT2D eigenvalue weighted by Gasteiger charge is -2.09. The maximum Gasteiger partial charge on any atom is 0.136 e. The van der Waals surface area contributed by atoms with Crippen LogP contribution in [0.4, 0.5) is 0 Å². The molecule has 1 unspecified atom stereocenters. The molecule has 0 heterocycles. The predicted molar refractivity (Wildman–Crippen MR) is 52.0 cm³/mol. The van der Waals surface area contributed by atoms with Crippen LogP contribution in [-0.4, -0.2) is 5.78 Å². The van der Waals surface area contributed by atoms with Crippen LogP contribution in [0.1, 0.15) is 39.5 Å². The van der Waals surface area contributed by atoms with Crippen molar-refractivity contribution in [2.45, 2.75) is 39.5 Å². The highest BCUT2D eigenvalue weighted by atomic mass is 16.1. The molecule has 0 radical (unpaired) electrons. The van der Waals surface area contributed by atoms with Crippen molar-refractivity contribution in [3.63, 3.8) is 0 Å². The maximum atomic E-state index is 11.4. The summed E-state index contributed by atoms with van der Waals surface area (Å²) in [6.07, 6.45) is 5.24. The van der Waals surface area contributed by atoms with Gasteiger partial charge in [0.25, 0.3) is 0 Å². The molecule has 0 fully saturated rings. The van der Waals surface area contributed by atoms with E-state index in [0.717, 1.165) is 19.3 Å². The van der Waals surface area contributed by atoms with Gasteiger partial charge in [-0.15, -0.1) is 5.73 Å². The van der Waals surface area contributed by atoms with E-state index in [1.54, 1.807) is 0 Å². The van der Waals surface area contributed by atoms with Crippen LogP contribution in [0.25, 0.3) is 0 Å². The Hall–Kier alpha value is -0.810. The summed E-state index contributed by atoms with van der Waals surface area (Å²) in [5, 5.41) is 0. The fourth-order valence-electron chi connectivity index (χ4n) is 1.20. The van der Waals surface area contributed by atoms with Gasteiger partial charge in [0.05, 0.1) is 0 Å². The zero-order valence-corrected chi connectivity index (χ0v) is 8.10. The van der Waals surface area contributed by atoms with Crippen LogP contribution in [0, 0.1) is 5.92 Å². The summed E-state index contributed by atoms with van der Waals surface area (Å²) < 4.78 is 0. The highest BCUT2D eigenvalue weighted by molar-refractivity contribution is 5.81. The molecular weight excluding hydrogens is 148 g/mol. The van der Waals surface area contributed by atoms with E-state index in [4.69, 9.17) is 0 Å². The topological polar surface area (TPSA) is 17.1 Å². The third-order valence-corrected chi connectivity index (χ3v) is 1.99. The third-order valence-electron chi connectivity index (χ3n) is 1.99. The zero-order chi connectivity index (χ0) is 9.40. The first kappa shape index (κ1) is 11.2. The van der Waals surface area contributed by atoms with E-state index >= 15 is 0 Å². The minimum Gasteiger partial charge on any atom is -0.299 e. The van der Waals surface area contributed by atoms with Gasteiger partial charge in [0, 0.05) is 12.3 Å². The van der Waals surface area contributed by atoms with Crippen molar-refractivity contribution < 1.29 is 4.79 Å². The summed E-state index contributed by atoms with van der Waals surface area (Å²) in [5.41, 5.74) is 2.70. The van der Waals surface area contributed by atoms with Crippen molar-refractivity contribution in [2.75, 3.05) is 0 Å². The molecule has 12 heavy (non-hydrogen) atoms. The molecule has 0 rings (SSSR count). The van der Waals surface area contributed by atoms with Crippen LogP contribution in [0.5, 0.6) is 0 Å². The van der Waals surface area contributed by atoms with Gasteiger partial charge >= 0.3 is 0 Å². The van der Waals surface area contributed by atoms with Gasteiger partial charge in [-0.25, -0.2) is 0 Å². The summed E-state index contributed by atoms with van der Waals surface area (Å²) in [7, 11) is 0. The Morgan fingerprint density at radius 2 is 2.25 bits per heavy atom. The largest absolute Gasteiger partial charge is 0.299 e. The average molecular weight is 166 g/mol. The number of carbonyl (C=O) groups is 1. The van der Waals surface area contributed by atoms with Gasteiger partial charge in [0.15, 0.2) is 0 Å². The SMILES string of the molecule is C=C=CCC(CC)C(=O)CCC. The number of hydrogen-bond donors (Lipinski definition) is 0. The Morgan fingerprint density at radius 1 is 1.58 bits per heavy atom. The molecule has 0 saturated carbocycles. The first-order valence-corrected chi connectivity index (χ1v) is 4.63. The molecule has 0 spiro atoms. The average Bonchev–Trinajstić information content (AvgIpc) is 2.06. The minimum absolute atomic E-state index is 0.194. The second kappa shape index (κ2) is 6.87. The lowest BCUT2D eigenvalue weighted by atomic mass is 9.94. The van der Waals surface area contributed by atoms with E-state index in [0.29, 0.717) is 12.2 Å². The minimum atomic E-state index is 0.194. The Morgan fingerprint density at radius 3 is 2.67 bits per heavy atom. The third kappa shape index (κ3) is 4.15. The summed E-state index contributed by atoms with van der Waals surface area (Å²) in [4.78, 5) is 11.4. The molecule has 0 aromatic carbocycles. The van der Waals surface area contributed by atoms with Crippen molar-refractivity contribution in [2.24, 2.45) is 5.92 Å². The highest BCUT2D eigenvalue weighted by Gasteiger charge is 2.12. The quantitative estimate of drug-likeness (QED) is 0.554. The summed E-state index contributed by atoms with van der Waals surface area (Å²) in [6, 6.07) is 0. The first-order valence-electron chi connectivity index (χ1n) is 4.63. The summed E-state index contributed by atoms with van der Waals surface area (Å²) >= 11 is 0. The van der Waals surface area contributed by atoms with E-state index in [1.807, 2.05) is 13.0 Å². The standard InChI is InChI=1S/C11H18O/c1-4-7-9-10(6-3)11(12)8-5-2/h7,10H,1,5-6,8-9H2,2-3H3.